The molecule has 0 aromatic heterocycles. The van der Waals surface area contributed by atoms with Gasteiger partial charge >= 0.3 is 5.97 Å². The zero-order valence-corrected chi connectivity index (χ0v) is 10.5. The minimum Gasteiger partial charge on any atom is -0.504 e. The lowest BCUT2D eigenvalue weighted by molar-refractivity contribution is -0.137. The molecule has 0 bridgehead atoms. The lowest BCUT2D eigenvalue weighted by Gasteiger charge is -2.04. The van der Waals surface area contributed by atoms with E-state index in [2.05, 4.69) is 6.58 Å². The summed E-state index contributed by atoms with van der Waals surface area (Å²) < 4.78 is 9.88. The highest BCUT2D eigenvalue weighted by atomic mass is 16.5. The van der Waals surface area contributed by atoms with Gasteiger partial charge in [0.1, 0.15) is 6.61 Å². The van der Waals surface area contributed by atoms with Gasteiger partial charge in [0.15, 0.2) is 11.5 Å². The molecule has 0 saturated carbocycles. The van der Waals surface area contributed by atoms with Gasteiger partial charge in [-0.05, 0) is 30.7 Å². The monoisotopic (exact) mass is 248 g/mol. The summed E-state index contributed by atoms with van der Waals surface area (Å²) in [6, 6.07) is 4.96. The van der Waals surface area contributed by atoms with Crippen LogP contribution in [0.15, 0.2) is 36.4 Å². The number of methoxy groups -OCH3 is 1. The summed E-state index contributed by atoms with van der Waals surface area (Å²) in [5, 5.41) is 9.41. The Morgan fingerprint density at radius 3 is 2.83 bits per heavy atom. The van der Waals surface area contributed by atoms with Crippen molar-refractivity contribution in [3.8, 4) is 11.5 Å². The summed E-state index contributed by atoms with van der Waals surface area (Å²) >= 11 is 0. The van der Waals surface area contributed by atoms with E-state index in [0.29, 0.717) is 11.3 Å². The van der Waals surface area contributed by atoms with Gasteiger partial charge in [-0.1, -0.05) is 18.7 Å². The van der Waals surface area contributed by atoms with Crippen molar-refractivity contribution in [1.82, 2.24) is 0 Å². The molecule has 0 atom stereocenters. The Bertz CT molecular complexity index is 475. The summed E-state index contributed by atoms with van der Waals surface area (Å²) in [5.41, 5.74) is 1.21. The number of phenolic OH excluding ortho intramolecular Hbond substituents is 1. The van der Waals surface area contributed by atoms with Crippen LogP contribution in [0.4, 0.5) is 0 Å². The van der Waals surface area contributed by atoms with E-state index in [1.807, 2.05) is 0 Å². The molecule has 0 aliphatic carbocycles. The Kier molecular flexibility index (Phi) is 4.99. The molecule has 0 radical (unpaired) electrons. The summed E-state index contributed by atoms with van der Waals surface area (Å²) in [7, 11) is 1.48. The second-order valence-electron chi connectivity index (χ2n) is 3.71. The number of phenols is 1. The molecule has 0 aliphatic heterocycles. The zero-order valence-electron chi connectivity index (χ0n) is 10.5. The van der Waals surface area contributed by atoms with Crippen molar-refractivity contribution in [2.75, 3.05) is 13.7 Å². The van der Waals surface area contributed by atoms with Gasteiger partial charge in [0.25, 0.3) is 0 Å². The molecular formula is C14H16O4. The number of carbonyl (C=O) groups excluding carboxylic acids is 1. The van der Waals surface area contributed by atoms with Crippen LogP contribution in [0, 0.1) is 0 Å². The molecule has 1 rings (SSSR count). The first kappa shape index (κ1) is 13.8. The van der Waals surface area contributed by atoms with E-state index >= 15 is 0 Å². The van der Waals surface area contributed by atoms with Crippen LogP contribution in [0.25, 0.3) is 6.08 Å². The Balaban J connectivity index is 2.57. The fourth-order valence-corrected chi connectivity index (χ4v) is 1.23. The number of ether oxygens (including phenoxy) is 2. The van der Waals surface area contributed by atoms with E-state index in [1.165, 1.54) is 7.11 Å². The number of carbonyl (C=O) groups is 1. The van der Waals surface area contributed by atoms with Crippen LogP contribution in [0.5, 0.6) is 11.5 Å². The third-order valence-electron chi connectivity index (χ3n) is 2.17. The molecule has 18 heavy (non-hydrogen) atoms. The van der Waals surface area contributed by atoms with Crippen LogP contribution in [0.2, 0.25) is 0 Å². The molecule has 0 aliphatic rings. The molecular weight excluding hydrogens is 232 g/mol. The first-order valence-electron chi connectivity index (χ1n) is 5.40. The number of esters is 1. The van der Waals surface area contributed by atoms with Gasteiger partial charge in [0, 0.05) is 5.57 Å². The molecule has 4 nitrogen and oxygen atoms in total. The van der Waals surface area contributed by atoms with Gasteiger partial charge in [-0.25, -0.2) is 4.79 Å². The second kappa shape index (κ2) is 6.49. The topological polar surface area (TPSA) is 55.8 Å². The summed E-state index contributed by atoms with van der Waals surface area (Å²) in [4.78, 5) is 11.1. The first-order chi connectivity index (χ1) is 8.54. The minimum absolute atomic E-state index is 0.0864. The predicted octanol–water partition coefficient (Wildman–Crippen LogP) is 2.53. The smallest absolute Gasteiger partial charge is 0.333 e. The third kappa shape index (κ3) is 3.97. The molecule has 1 aromatic carbocycles. The summed E-state index contributed by atoms with van der Waals surface area (Å²) in [5.74, 6) is 0.0716. The first-order valence-corrected chi connectivity index (χ1v) is 5.40. The molecule has 0 saturated heterocycles. The van der Waals surface area contributed by atoms with Gasteiger partial charge < -0.3 is 14.6 Å². The standard InChI is InChI=1S/C14H16O4/c1-10(2)14(16)18-8-4-5-11-6-7-12(15)13(9-11)17-3/h4-7,9,15H,1,8H2,2-3H3. The Morgan fingerprint density at radius 2 is 2.22 bits per heavy atom. The lowest BCUT2D eigenvalue weighted by Crippen LogP contribution is -2.04. The molecule has 0 spiro atoms. The number of aromatic hydroxyl groups is 1. The van der Waals surface area contributed by atoms with Gasteiger partial charge in [-0.3, -0.25) is 0 Å². The van der Waals surface area contributed by atoms with Crippen LogP contribution in [-0.4, -0.2) is 24.8 Å². The van der Waals surface area contributed by atoms with Crippen LogP contribution in [0.1, 0.15) is 12.5 Å². The highest BCUT2D eigenvalue weighted by molar-refractivity contribution is 5.87. The highest BCUT2D eigenvalue weighted by Crippen LogP contribution is 2.26. The highest BCUT2D eigenvalue weighted by Gasteiger charge is 2.01. The Labute approximate surface area is 106 Å². The number of hydrogen-bond acceptors (Lipinski definition) is 4. The Morgan fingerprint density at radius 1 is 1.50 bits per heavy atom. The number of benzene rings is 1. The van der Waals surface area contributed by atoms with E-state index in [-0.39, 0.29) is 12.4 Å². The summed E-state index contributed by atoms with van der Waals surface area (Å²) in [6.45, 7) is 5.25. The third-order valence-corrected chi connectivity index (χ3v) is 2.17. The van der Waals surface area contributed by atoms with E-state index in [0.717, 1.165) is 5.56 Å². The quantitative estimate of drug-likeness (QED) is 0.642. The van der Waals surface area contributed by atoms with Gasteiger partial charge in [0.05, 0.1) is 7.11 Å². The van der Waals surface area contributed by atoms with E-state index in [1.54, 1.807) is 37.3 Å². The van der Waals surface area contributed by atoms with Crippen molar-refractivity contribution in [3.63, 3.8) is 0 Å². The average molecular weight is 248 g/mol. The van der Waals surface area contributed by atoms with Crippen LogP contribution >= 0.6 is 0 Å². The lowest BCUT2D eigenvalue weighted by atomic mass is 10.2. The molecule has 0 fully saturated rings. The average Bonchev–Trinajstić information content (AvgIpc) is 2.35. The maximum atomic E-state index is 11.1. The number of hydrogen-bond donors (Lipinski definition) is 1. The fraction of sp³-hybridized carbons (Fsp3) is 0.214. The summed E-state index contributed by atoms with van der Waals surface area (Å²) in [6.07, 6.45) is 3.47. The molecule has 4 heteroatoms. The molecule has 0 unspecified atom stereocenters. The minimum atomic E-state index is -0.414. The predicted molar refractivity (Wildman–Crippen MR) is 69.5 cm³/mol. The van der Waals surface area contributed by atoms with Gasteiger partial charge in [-0.15, -0.1) is 0 Å². The number of rotatable bonds is 5. The molecule has 0 heterocycles. The second-order valence-corrected chi connectivity index (χ2v) is 3.71. The zero-order chi connectivity index (χ0) is 13.5. The van der Waals surface area contributed by atoms with Crippen molar-refractivity contribution in [2.45, 2.75) is 6.92 Å². The molecule has 1 aromatic rings. The maximum Gasteiger partial charge on any atom is 0.333 e. The normalized spacial score (nSPS) is 10.3. The van der Waals surface area contributed by atoms with E-state index in [4.69, 9.17) is 9.47 Å². The van der Waals surface area contributed by atoms with Crippen molar-refractivity contribution < 1.29 is 19.4 Å². The van der Waals surface area contributed by atoms with E-state index in [9.17, 15) is 9.90 Å². The fourth-order valence-electron chi connectivity index (χ4n) is 1.23. The van der Waals surface area contributed by atoms with E-state index < -0.39 is 5.97 Å². The van der Waals surface area contributed by atoms with Gasteiger partial charge in [0.2, 0.25) is 0 Å². The van der Waals surface area contributed by atoms with Crippen LogP contribution < -0.4 is 4.74 Å². The van der Waals surface area contributed by atoms with Crippen molar-refractivity contribution in [3.05, 3.63) is 42.0 Å². The molecule has 96 valence electrons. The van der Waals surface area contributed by atoms with Crippen molar-refractivity contribution >= 4 is 12.0 Å². The van der Waals surface area contributed by atoms with Gasteiger partial charge in [-0.2, -0.15) is 0 Å². The molecule has 0 amide bonds. The van der Waals surface area contributed by atoms with Crippen LogP contribution in [0.3, 0.4) is 0 Å². The largest absolute Gasteiger partial charge is 0.504 e. The van der Waals surface area contributed by atoms with Crippen molar-refractivity contribution in [2.24, 2.45) is 0 Å². The van der Waals surface area contributed by atoms with Crippen LogP contribution in [-0.2, 0) is 9.53 Å². The molecule has 1 N–H and O–H groups in total. The SMILES string of the molecule is C=C(C)C(=O)OCC=Cc1ccc(O)c(OC)c1. The Hall–Kier alpha value is -2.23. The maximum absolute atomic E-state index is 11.1. The van der Waals surface area contributed by atoms with Crippen molar-refractivity contribution in [1.29, 1.82) is 0 Å².